The predicted octanol–water partition coefficient (Wildman–Crippen LogP) is -3.43. The zero-order valence-corrected chi connectivity index (χ0v) is 13.0. The Labute approximate surface area is 133 Å². The van der Waals surface area contributed by atoms with E-state index in [2.05, 4.69) is 10.1 Å². The summed E-state index contributed by atoms with van der Waals surface area (Å²) in [4.78, 5) is 23.1. The molecular weight excluding hydrogens is 312 g/mol. The largest absolute Gasteiger partial charge is 0.462 e. The van der Waals surface area contributed by atoms with Crippen molar-refractivity contribution in [2.45, 2.75) is 56.5 Å². The Morgan fingerprint density at radius 1 is 1.48 bits per heavy atom. The van der Waals surface area contributed by atoms with Gasteiger partial charge in [-0.2, -0.15) is 0 Å². The first-order valence-electron chi connectivity index (χ1n) is 7.25. The molecule has 0 aromatic carbocycles. The van der Waals surface area contributed by atoms with Crippen molar-refractivity contribution in [2.75, 3.05) is 13.2 Å². The van der Waals surface area contributed by atoms with Crippen LogP contribution < -0.4 is 11.1 Å². The lowest BCUT2D eigenvalue weighted by Gasteiger charge is -2.45. The predicted molar refractivity (Wildman–Crippen MR) is 75.8 cm³/mol. The molecule has 1 unspecified atom stereocenters. The Morgan fingerprint density at radius 2 is 2.09 bits per heavy atom. The fourth-order valence-corrected chi connectivity index (χ4v) is 2.40. The van der Waals surface area contributed by atoms with Gasteiger partial charge in [-0.3, -0.25) is 4.79 Å². The van der Waals surface area contributed by atoms with Crippen LogP contribution >= 0.6 is 0 Å². The molecular formula is C13H24N2O8. The third-order valence-corrected chi connectivity index (χ3v) is 3.52. The molecule has 6 atom stereocenters. The molecule has 10 heteroatoms. The van der Waals surface area contributed by atoms with Crippen LogP contribution in [0, 0.1) is 0 Å². The van der Waals surface area contributed by atoms with E-state index >= 15 is 0 Å². The smallest absolute Gasteiger partial charge is 0.366 e. The van der Waals surface area contributed by atoms with E-state index in [4.69, 9.17) is 10.5 Å². The molecule has 1 aliphatic heterocycles. The highest BCUT2D eigenvalue weighted by atomic mass is 16.7. The molecule has 1 saturated heterocycles. The molecule has 0 spiro atoms. The van der Waals surface area contributed by atoms with E-state index in [1.807, 2.05) is 0 Å². The molecule has 7 N–H and O–H groups in total. The molecule has 0 aromatic rings. The summed E-state index contributed by atoms with van der Waals surface area (Å²) in [7, 11) is 0. The Morgan fingerprint density at radius 3 is 2.57 bits per heavy atom. The van der Waals surface area contributed by atoms with E-state index in [0.717, 1.165) is 0 Å². The monoisotopic (exact) mass is 336 g/mol. The Hall–Kier alpha value is -1.30. The molecule has 1 aliphatic rings. The summed E-state index contributed by atoms with van der Waals surface area (Å²) in [6.45, 7) is 2.34. The summed E-state index contributed by atoms with van der Waals surface area (Å²) in [6.07, 6.45) is -6.58. The van der Waals surface area contributed by atoms with Crippen LogP contribution in [0.25, 0.3) is 0 Å². The first-order chi connectivity index (χ1) is 10.7. The van der Waals surface area contributed by atoms with Crippen molar-refractivity contribution in [2.24, 2.45) is 5.73 Å². The number of rotatable bonds is 6. The van der Waals surface area contributed by atoms with E-state index in [9.17, 15) is 30.0 Å². The second-order valence-corrected chi connectivity index (χ2v) is 5.38. The van der Waals surface area contributed by atoms with Crippen LogP contribution in [0.4, 0.5) is 0 Å². The second kappa shape index (κ2) is 7.99. The maximum absolute atomic E-state index is 11.8. The average molecular weight is 336 g/mol. The fourth-order valence-electron chi connectivity index (χ4n) is 2.40. The molecule has 0 radical (unpaired) electrons. The first kappa shape index (κ1) is 19.7. The Bertz CT molecular complexity index is 434. The minimum Gasteiger partial charge on any atom is -0.462 e. The van der Waals surface area contributed by atoms with E-state index in [1.165, 1.54) is 13.8 Å². The van der Waals surface area contributed by atoms with Crippen LogP contribution in [0.2, 0.25) is 0 Å². The molecule has 10 nitrogen and oxygen atoms in total. The van der Waals surface area contributed by atoms with Gasteiger partial charge in [-0.05, 0) is 6.92 Å². The molecule has 1 amide bonds. The van der Waals surface area contributed by atoms with Gasteiger partial charge in [0.1, 0.15) is 12.2 Å². The van der Waals surface area contributed by atoms with Crippen molar-refractivity contribution >= 4 is 11.9 Å². The lowest BCUT2D eigenvalue weighted by atomic mass is 9.88. The number of nitrogens with two attached hydrogens (primary N) is 1. The molecule has 1 fully saturated rings. The van der Waals surface area contributed by atoms with E-state index in [1.54, 1.807) is 0 Å². The third-order valence-electron chi connectivity index (χ3n) is 3.52. The van der Waals surface area contributed by atoms with Gasteiger partial charge in [0.25, 0.3) is 5.79 Å². The SMILES string of the molecule is CCOC(=O)[C@]1(O)C[C@H](O)[C@@H](NC(C)=O)C([C@H](O)[C@H](O)CN)O1. The first-order valence-corrected chi connectivity index (χ1v) is 7.25. The van der Waals surface area contributed by atoms with Crippen molar-refractivity contribution in [3.05, 3.63) is 0 Å². The van der Waals surface area contributed by atoms with Crippen LogP contribution in [0.5, 0.6) is 0 Å². The van der Waals surface area contributed by atoms with Crippen LogP contribution in [-0.2, 0) is 19.1 Å². The number of ether oxygens (including phenoxy) is 2. The van der Waals surface area contributed by atoms with Gasteiger partial charge in [-0.25, -0.2) is 4.79 Å². The standard InChI is InChI=1S/C13H24N2O8/c1-3-22-12(20)13(21)4-7(17)9(15-6(2)16)11(23-13)10(19)8(18)5-14/h7-11,17-19,21H,3-5,14H2,1-2H3,(H,15,16)/t7-,8+,9+,10+,11?,13-/m0/s1. The summed E-state index contributed by atoms with van der Waals surface area (Å²) in [5, 5.41) is 42.6. The molecule has 0 bridgehead atoms. The number of nitrogens with one attached hydrogen (secondary N) is 1. The fraction of sp³-hybridized carbons (Fsp3) is 0.846. The number of aliphatic hydroxyl groups excluding tert-OH is 3. The van der Waals surface area contributed by atoms with Gasteiger partial charge in [0.05, 0.1) is 24.9 Å². The topological polar surface area (TPSA) is 172 Å². The van der Waals surface area contributed by atoms with Crippen molar-refractivity contribution in [1.82, 2.24) is 5.32 Å². The Kier molecular flexibility index (Phi) is 6.86. The van der Waals surface area contributed by atoms with Crippen LogP contribution in [-0.4, -0.2) is 81.7 Å². The molecule has 0 saturated carbocycles. The highest BCUT2D eigenvalue weighted by Gasteiger charge is 2.54. The van der Waals surface area contributed by atoms with Crippen molar-refractivity contribution < 1.29 is 39.5 Å². The summed E-state index contributed by atoms with van der Waals surface area (Å²) in [6, 6.07) is -1.15. The maximum Gasteiger partial charge on any atom is 0.366 e. The number of amides is 1. The van der Waals surface area contributed by atoms with Gasteiger partial charge < -0.3 is 41.0 Å². The molecule has 134 valence electrons. The Balaban J connectivity index is 3.08. The van der Waals surface area contributed by atoms with E-state index < -0.39 is 54.5 Å². The number of hydrogen-bond acceptors (Lipinski definition) is 9. The molecule has 1 heterocycles. The summed E-state index contributed by atoms with van der Waals surface area (Å²) in [5.74, 6) is -4.18. The van der Waals surface area contributed by atoms with Gasteiger partial charge in [-0.15, -0.1) is 0 Å². The lowest BCUT2D eigenvalue weighted by Crippen LogP contribution is -2.67. The molecule has 0 aliphatic carbocycles. The molecule has 1 rings (SSSR count). The van der Waals surface area contributed by atoms with Gasteiger partial charge in [0.15, 0.2) is 0 Å². The molecule has 23 heavy (non-hydrogen) atoms. The quantitative estimate of drug-likeness (QED) is 0.270. The van der Waals surface area contributed by atoms with Gasteiger partial charge in [0, 0.05) is 19.9 Å². The zero-order valence-electron chi connectivity index (χ0n) is 13.0. The summed E-state index contributed by atoms with van der Waals surface area (Å²) in [5.41, 5.74) is 5.27. The van der Waals surface area contributed by atoms with Crippen LogP contribution in [0.3, 0.4) is 0 Å². The lowest BCUT2D eigenvalue weighted by molar-refractivity contribution is -0.296. The van der Waals surface area contributed by atoms with Crippen molar-refractivity contribution in [1.29, 1.82) is 0 Å². The third kappa shape index (κ3) is 4.59. The van der Waals surface area contributed by atoms with Gasteiger partial charge in [0.2, 0.25) is 5.91 Å². The number of carbonyl (C=O) groups is 2. The van der Waals surface area contributed by atoms with Crippen molar-refractivity contribution in [3.63, 3.8) is 0 Å². The van der Waals surface area contributed by atoms with E-state index in [0.29, 0.717) is 0 Å². The highest BCUT2D eigenvalue weighted by Crippen LogP contribution is 2.31. The zero-order chi connectivity index (χ0) is 17.8. The second-order valence-electron chi connectivity index (χ2n) is 5.38. The number of carbonyl (C=O) groups excluding carboxylic acids is 2. The number of esters is 1. The van der Waals surface area contributed by atoms with Gasteiger partial charge >= 0.3 is 5.97 Å². The van der Waals surface area contributed by atoms with Crippen LogP contribution in [0.1, 0.15) is 20.3 Å². The minimum atomic E-state index is -2.51. The summed E-state index contributed by atoms with van der Waals surface area (Å²) < 4.78 is 9.88. The molecule has 0 aromatic heterocycles. The average Bonchev–Trinajstić information content (AvgIpc) is 2.48. The minimum absolute atomic E-state index is 0.0334. The van der Waals surface area contributed by atoms with Crippen LogP contribution in [0.15, 0.2) is 0 Å². The van der Waals surface area contributed by atoms with E-state index in [-0.39, 0.29) is 13.2 Å². The maximum atomic E-state index is 11.8. The van der Waals surface area contributed by atoms with Crippen molar-refractivity contribution in [3.8, 4) is 0 Å². The summed E-state index contributed by atoms with van der Waals surface area (Å²) >= 11 is 0. The van der Waals surface area contributed by atoms with Gasteiger partial charge in [-0.1, -0.05) is 0 Å². The number of hydrogen-bond donors (Lipinski definition) is 6. The normalized spacial score (nSPS) is 33.6. The highest BCUT2D eigenvalue weighted by molar-refractivity contribution is 5.78. The number of aliphatic hydroxyl groups is 4.